The molecule has 0 spiro atoms. The molecule has 0 aromatic carbocycles. The average molecular weight is 327 g/mol. The highest BCUT2D eigenvalue weighted by atomic mass is 16.7. The lowest BCUT2D eigenvalue weighted by atomic mass is 9.86. The Balaban J connectivity index is 1.96. The molecule has 6 nitrogen and oxygen atoms in total. The lowest BCUT2D eigenvalue weighted by Gasteiger charge is -2.39. The predicted octanol–water partition coefficient (Wildman–Crippen LogP) is 2.74. The first-order chi connectivity index (χ1) is 10.7. The van der Waals surface area contributed by atoms with E-state index >= 15 is 0 Å². The number of ketones is 1. The zero-order chi connectivity index (χ0) is 17.2. The number of hydrogen-bond acceptors (Lipinski definition) is 5. The van der Waals surface area contributed by atoms with E-state index in [0.29, 0.717) is 12.8 Å². The van der Waals surface area contributed by atoms with Gasteiger partial charge in [0.25, 0.3) is 0 Å². The van der Waals surface area contributed by atoms with Crippen LogP contribution < -0.4 is 0 Å². The molecule has 2 atom stereocenters. The van der Waals surface area contributed by atoms with Crippen LogP contribution in [0.2, 0.25) is 0 Å². The van der Waals surface area contributed by atoms with Crippen LogP contribution in [0.4, 0.5) is 4.79 Å². The Morgan fingerprint density at radius 2 is 1.61 bits per heavy atom. The second kappa shape index (κ2) is 7.18. The van der Waals surface area contributed by atoms with Crippen molar-refractivity contribution >= 4 is 11.9 Å². The number of piperidine rings is 1. The van der Waals surface area contributed by atoms with Crippen LogP contribution in [0, 0.1) is 5.92 Å². The quantitative estimate of drug-likeness (QED) is 0.727. The van der Waals surface area contributed by atoms with Crippen molar-refractivity contribution in [3.05, 3.63) is 0 Å². The number of carbonyl (C=O) groups excluding carboxylic acids is 2. The third-order valence-corrected chi connectivity index (χ3v) is 4.69. The number of methoxy groups -OCH3 is 2. The summed E-state index contributed by atoms with van der Waals surface area (Å²) in [6.45, 7) is 5.62. The molecule has 6 heteroatoms. The summed E-state index contributed by atoms with van der Waals surface area (Å²) in [6.07, 6.45) is 2.87. The zero-order valence-electron chi connectivity index (χ0n) is 14.8. The van der Waals surface area contributed by atoms with Crippen LogP contribution >= 0.6 is 0 Å². The van der Waals surface area contributed by atoms with Gasteiger partial charge in [-0.25, -0.2) is 4.79 Å². The number of ether oxygens (including phenoxy) is 3. The number of amides is 1. The first-order valence-corrected chi connectivity index (χ1v) is 8.34. The van der Waals surface area contributed by atoms with Crippen molar-refractivity contribution in [1.82, 2.24) is 4.90 Å². The van der Waals surface area contributed by atoms with Crippen LogP contribution in [0.15, 0.2) is 0 Å². The zero-order valence-corrected chi connectivity index (χ0v) is 14.8. The predicted molar refractivity (Wildman–Crippen MR) is 85.0 cm³/mol. The van der Waals surface area contributed by atoms with E-state index in [-0.39, 0.29) is 36.3 Å². The highest BCUT2D eigenvalue weighted by Gasteiger charge is 2.46. The summed E-state index contributed by atoms with van der Waals surface area (Å²) in [5, 5.41) is 0. The topological polar surface area (TPSA) is 65.1 Å². The summed E-state index contributed by atoms with van der Waals surface area (Å²) >= 11 is 0. The van der Waals surface area contributed by atoms with Gasteiger partial charge in [-0.1, -0.05) is 0 Å². The van der Waals surface area contributed by atoms with E-state index in [0.717, 1.165) is 12.8 Å². The van der Waals surface area contributed by atoms with Crippen molar-refractivity contribution in [3.63, 3.8) is 0 Å². The number of nitrogens with zero attached hydrogens (tertiary/aromatic N) is 1. The number of rotatable bonds is 5. The van der Waals surface area contributed by atoms with Gasteiger partial charge < -0.3 is 19.1 Å². The van der Waals surface area contributed by atoms with Crippen LogP contribution in [-0.2, 0) is 19.0 Å². The van der Waals surface area contributed by atoms with Crippen molar-refractivity contribution in [2.24, 2.45) is 5.92 Å². The molecule has 0 aromatic heterocycles. The molecule has 0 saturated carbocycles. The van der Waals surface area contributed by atoms with Crippen LogP contribution in [0.25, 0.3) is 0 Å². The molecule has 1 amide bonds. The van der Waals surface area contributed by atoms with Crippen LogP contribution in [-0.4, -0.2) is 55.0 Å². The summed E-state index contributed by atoms with van der Waals surface area (Å²) in [6, 6.07) is 0.224. The first-order valence-electron chi connectivity index (χ1n) is 8.34. The van der Waals surface area contributed by atoms with Gasteiger partial charge in [0.15, 0.2) is 6.29 Å². The first kappa shape index (κ1) is 18.2. The largest absolute Gasteiger partial charge is 0.444 e. The minimum Gasteiger partial charge on any atom is -0.444 e. The second-order valence-corrected chi connectivity index (χ2v) is 7.51. The Morgan fingerprint density at radius 1 is 1.09 bits per heavy atom. The monoisotopic (exact) mass is 327 g/mol. The molecule has 132 valence electrons. The number of carbonyl (C=O) groups is 2. The van der Waals surface area contributed by atoms with E-state index < -0.39 is 11.9 Å². The van der Waals surface area contributed by atoms with Gasteiger partial charge >= 0.3 is 6.09 Å². The van der Waals surface area contributed by atoms with Crippen molar-refractivity contribution in [3.8, 4) is 0 Å². The Bertz CT molecular complexity index is 427. The third kappa shape index (κ3) is 4.44. The fraction of sp³-hybridized carbons (Fsp3) is 0.882. The molecule has 2 bridgehead atoms. The Labute approximate surface area is 138 Å². The SMILES string of the molecule is COC(CC(=O)C1CC2CCC(C1)N2C(=O)OC(C)(C)C)OC. The molecule has 2 rings (SSSR count). The summed E-state index contributed by atoms with van der Waals surface area (Å²) in [4.78, 5) is 26.7. The molecule has 2 aliphatic rings. The number of Topliss-reactive ketones (excluding diaryl/α,β-unsaturated/α-hetero) is 1. The van der Waals surface area contributed by atoms with Gasteiger partial charge in [0.2, 0.25) is 0 Å². The number of fused-ring (bicyclic) bond motifs is 2. The second-order valence-electron chi connectivity index (χ2n) is 7.51. The van der Waals surface area contributed by atoms with Gasteiger partial charge in [-0.2, -0.15) is 0 Å². The van der Waals surface area contributed by atoms with Gasteiger partial charge in [0.1, 0.15) is 11.4 Å². The Kier molecular flexibility index (Phi) is 5.68. The maximum atomic E-state index is 12.5. The van der Waals surface area contributed by atoms with E-state index in [2.05, 4.69) is 0 Å². The summed E-state index contributed by atoms with van der Waals surface area (Å²) in [5.74, 6) is 0.151. The molecule has 0 radical (unpaired) electrons. The van der Waals surface area contributed by atoms with Gasteiger partial charge in [-0.05, 0) is 46.5 Å². The van der Waals surface area contributed by atoms with Gasteiger partial charge in [0.05, 0.1) is 6.42 Å². The molecule has 0 aromatic rings. The van der Waals surface area contributed by atoms with Gasteiger partial charge in [-0.3, -0.25) is 4.79 Å². The van der Waals surface area contributed by atoms with Crippen molar-refractivity contribution in [1.29, 1.82) is 0 Å². The van der Waals surface area contributed by atoms with E-state index in [1.54, 1.807) is 0 Å². The highest BCUT2D eigenvalue weighted by Crippen LogP contribution is 2.40. The van der Waals surface area contributed by atoms with Crippen molar-refractivity contribution < 1.29 is 23.8 Å². The maximum Gasteiger partial charge on any atom is 0.410 e. The van der Waals surface area contributed by atoms with E-state index in [4.69, 9.17) is 14.2 Å². The van der Waals surface area contributed by atoms with Crippen LogP contribution in [0.3, 0.4) is 0 Å². The standard InChI is InChI=1S/C17H29NO5/c1-17(2,3)23-16(20)18-12-6-7-13(18)9-11(8-12)14(19)10-15(21-4)22-5/h11-13,15H,6-10H2,1-5H3. The number of hydrogen-bond donors (Lipinski definition) is 0. The molecule has 2 fully saturated rings. The Hall–Kier alpha value is -1.14. The van der Waals surface area contributed by atoms with Gasteiger partial charge in [0, 0.05) is 32.2 Å². The van der Waals surface area contributed by atoms with Crippen molar-refractivity contribution in [2.45, 2.75) is 76.9 Å². The lowest BCUT2D eigenvalue weighted by Crippen LogP contribution is -2.49. The molecule has 0 N–H and O–H groups in total. The minimum atomic E-state index is -0.493. The normalized spacial score (nSPS) is 27.4. The summed E-state index contributed by atoms with van der Waals surface area (Å²) in [5.41, 5.74) is -0.493. The van der Waals surface area contributed by atoms with E-state index in [1.807, 2.05) is 25.7 Å². The lowest BCUT2D eigenvalue weighted by molar-refractivity contribution is -0.142. The van der Waals surface area contributed by atoms with Crippen LogP contribution in [0.5, 0.6) is 0 Å². The summed E-state index contributed by atoms with van der Waals surface area (Å²) in [7, 11) is 3.08. The molecule has 2 unspecified atom stereocenters. The fourth-order valence-electron chi connectivity index (χ4n) is 3.65. The molecule has 23 heavy (non-hydrogen) atoms. The van der Waals surface area contributed by atoms with Gasteiger partial charge in [-0.15, -0.1) is 0 Å². The third-order valence-electron chi connectivity index (χ3n) is 4.69. The molecule has 0 aliphatic carbocycles. The molecule has 2 aliphatic heterocycles. The molecule has 2 saturated heterocycles. The molecule has 2 heterocycles. The molecular formula is C17H29NO5. The smallest absolute Gasteiger partial charge is 0.410 e. The molecular weight excluding hydrogens is 298 g/mol. The van der Waals surface area contributed by atoms with E-state index in [9.17, 15) is 9.59 Å². The van der Waals surface area contributed by atoms with E-state index in [1.165, 1.54) is 14.2 Å². The highest BCUT2D eigenvalue weighted by molar-refractivity contribution is 5.82. The minimum absolute atomic E-state index is 0.0148. The van der Waals surface area contributed by atoms with Crippen LogP contribution in [0.1, 0.15) is 52.9 Å². The Morgan fingerprint density at radius 3 is 2.04 bits per heavy atom. The maximum absolute atomic E-state index is 12.5. The fourth-order valence-corrected chi connectivity index (χ4v) is 3.65. The van der Waals surface area contributed by atoms with Crippen molar-refractivity contribution in [2.75, 3.05) is 14.2 Å². The average Bonchev–Trinajstić information content (AvgIpc) is 2.73. The summed E-state index contributed by atoms with van der Waals surface area (Å²) < 4.78 is 15.7.